The van der Waals surface area contributed by atoms with E-state index in [1.54, 1.807) is 42.3 Å². The number of carbonyl (C=O) groups excluding carboxylic acids is 1. The Balaban J connectivity index is 0.00000225. The lowest BCUT2D eigenvalue weighted by Crippen LogP contribution is -2.37. The first-order chi connectivity index (χ1) is 13.2. The van der Waals surface area contributed by atoms with Gasteiger partial charge in [-0.05, 0) is 46.1 Å². The summed E-state index contributed by atoms with van der Waals surface area (Å²) in [4.78, 5) is 17.0. The van der Waals surface area contributed by atoms with Gasteiger partial charge in [-0.15, -0.1) is 17.0 Å². The molecule has 28 heavy (non-hydrogen) atoms. The molecule has 0 aliphatic rings. The molecule has 0 amide bonds. The molecular weight excluding hydrogens is 416 g/mol. The first-order valence-electron chi connectivity index (χ1n) is 8.75. The first-order valence-corrected chi connectivity index (χ1v) is 8.75. The van der Waals surface area contributed by atoms with Crippen molar-refractivity contribution in [3.8, 4) is 17.0 Å². The van der Waals surface area contributed by atoms with Crippen molar-refractivity contribution in [3.63, 3.8) is 0 Å². The second-order valence-electron chi connectivity index (χ2n) is 6.30. The largest absolute Gasteiger partial charge is 0.497 e. The summed E-state index contributed by atoms with van der Waals surface area (Å²) in [7, 11) is 1.61. The number of hydrogen-bond donors (Lipinski definition) is 0. The number of fused-ring (bicyclic) bond motifs is 1. The number of aromatic nitrogens is 2. The molecule has 0 unspecified atom stereocenters. The van der Waals surface area contributed by atoms with Crippen molar-refractivity contribution in [3.05, 3.63) is 90.9 Å². The molecule has 0 atom stereocenters. The Bertz CT molecular complexity index is 1090. The van der Waals surface area contributed by atoms with E-state index in [0.717, 1.165) is 17.0 Å². The van der Waals surface area contributed by atoms with E-state index >= 15 is 0 Å². The number of hydrogen-bond acceptors (Lipinski definition) is 3. The molecule has 1 aromatic heterocycles. The smallest absolute Gasteiger partial charge is 0.287 e. The van der Waals surface area contributed by atoms with Crippen LogP contribution in [0.3, 0.4) is 0 Å². The van der Waals surface area contributed by atoms with Crippen LogP contribution in [0.1, 0.15) is 10.4 Å². The number of ether oxygens (including phenoxy) is 1. The second-order valence-corrected chi connectivity index (χ2v) is 6.30. The highest BCUT2D eigenvalue weighted by molar-refractivity contribution is 8.93. The molecule has 4 aromatic rings. The van der Waals surface area contributed by atoms with Crippen molar-refractivity contribution in [2.24, 2.45) is 0 Å². The van der Waals surface area contributed by atoms with Gasteiger partial charge in [0.05, 0.1) is 13.3 Å². The summed E-state index contributed by atoms with van der Waals surface area (Å²) < 4.78 is 6.92. The molecule has 3 aromatic carbocycles. The van der Waals surface area contributed by atoms with Gasteiger partial charge in [0.2, 0.25) is 5.78 Å². The van der Waals surface area contributed by atoms with Crippen LogP contribution in [0.5, 0.6) is 5.75 Å². The molecule has 0 aliphatic carbocycles. The minimum atomic E-state index is 0. The fourth-order valence-corrected chi connectivity index (χ4v) is 3.12. The van der Waals surface area contributed by atoms with E-state index in [-0.39, 0.29) is 29.3 Å². The van der Waals surface area contributed by atoms with Crippen molar-refractivity contribution in [2.75, 3.05) is 7.11 Å². The van der Waals surface area contributed by atoms with Crippen LogP contribution in [0.4, 0.5) is 0 Å². The number of methoxy groups -OCH3 is 1. The fraction of sp³-hybridized carbons (Fsp3) is 0.0870. The summed E-state index contributed by atoms with van der Waals surface area (Å²) in [6.45, 7) is 0.245. The Kier molecular flexibility index (Phi) is 6.16. The standard InChI is InChI=1S/C23H19N2O2.BrH/c1-27-19-11-9-18(10-12-19)23(26)15-25-14-13-22(24-16-25)21-8-4-6-17-5-2-3-7-20(17)21;/h2-14,16H,15H2,1H3;1H/q+1;. The van der Waals surface area contributed by atoms with Crippen LogP contribution in [0, 0.1) is 0 Å². The number of ketones is 1. The summed E-state index contributed by atoms with van der Waals surface area (Å²) in [6, 6.07) is 23.5. The summed E-state index contributed by atoms with van der Waals surface area (Å²) in [5.74, 6) is 0.766. The van der Waals surface area contributed by atoms with Crippen LogP contribution >= 0.6 is 17.0 Å². The number of carbonyl (C=O) groups is 1. The molecule has 1 heterocycles. The van der Waals surface area contributed by atoms with Gasteiger partial charge in [0.1, 0.15) is 5.75 Å². The normalized spacial score (nSPS) is 10.3. The third-order valence-corrected chi connectivity index (χ3v) is 4.57. The predicted molar refractivity (Wildman–Crippen MR) is 115 cm³/mol. The van der Waals surface area contributed by atoms with Crippen molar-refractivity contribution < 1.29 is 14.1 Å². The summed E-state index contributed by atoms with van der Waals surface area (Å²) in [6.07, 6.45) is 3.60. The SMILES string of the molecule is Br.COc1ccc(C(=O)C[n+]2ccc(-c3cccc4ccccc34)nc2)cc1. The molecular formula is C23H20BrN2O2+. The summed E-state index contributed by atoms with van der Waals surface area (Å²) in [5, 5.41) is 2.35. The predicted octanol–water partition coefficient (Wildman–Crippen LogP) is 4.66. The van der Waals surface area contributed by atoms with E-state index in [2.05, 4.69) is 29.2 Å². The lowest BCUT2D eigenvalue weighted by molar-refractivity contribution is -0.686. The molecule has 0 N–H and O–H groups in total. The van der Waals surface area contributed by atoms with Gasteiger partial charge in [-0.2, -0.15) is 0 Å². The maximum atomic E-state index is 12.5. The highest BCUT2D eigenvalue weighted by Crippen LogP contribution is 2.26. The van der Waals surface area contributed by atoms with Gasteiger partial charge in [-0.25, -0.2) is 4.57 Å². The first kappa shape index (κ1) is 19.7. The highest BCUT2D eigenvalue weighted by atomic mass is 79.9. The average molecular weight is 436 g/mol. The lowest BCUT2D eigenvalue weighted by Gasteiger charge is -2.04. The van der Waals surface area contributed by atoms with E-state index in [1.807, 2.05) is 30.5 Å². The Hall–Kier alpha value is -3.05. The Morgan fingerprint density at radius 2 is 1.71 bits per heavy atom. The molecule has 0 aliphatic heterocycles. The zero-order valence-corrected chi connectivity index (χ0v) is 17.1. The molecule has 0 spiro atoms. The minimum absolute atomic E-state index is 0. The zero-order chi connectivity index (χ0) is 18.6. The summed E-state index contributed by atoms with van der Waals surface area (Å²) in [5.41, 5.74) is 2.63. The quantitative estimate of drug-likeness (QED) is 0.338. The molecule has 0 saturated heterocycles. The van der Waals surface area contributed by atoms with Crippen molar-refractivity contribution >= 4 is 33.5 Å². The molecule has 0 bridgehead atoms. The monoisotopic (exact) mass is 435 g/mol. The van der Waals surface area contributed by atoms with Gasteiger partial charge in [0.15, 0.2) is 12.2 Å². The highest BCUT2D eigenvalue weighted by Gasteiger charge is 2.13. The maximum absolute atomic E-state index is 12.5. The van der Waals surface area contributed by atoms with Crippen LogP contribution < -0.4 is 9.30 Å². The lowest BCUT2D eigenvalue weighted by atomic mass is 10.0. The molecule has 4 nitrogen and oxygen atoms in total. The van der Waals surface area contributed by atoms with Crippen molar-refractivity contribution in [1.82, 2.24) is 4.98 Å². The molecule has 0 radical (unpaired) electrons. The third kappa shape index (κ3) is 4.10. The Labute approximate surface area is 174 Å². The van der Waals surface area contributed by atoms with E-state index in [1.165, 1.54) is 10.8 Å². The number of halogens is 1. The Morgan fingerprint density at radius 3 is 2.43 bits per heavy atom. The number of benzene rings is 3. The van der Waals surface area contributed by atoms with E-state index in [0.29, 0.717) is 5.56 Å². The van der Waals surface area contributed by atoms with Crippen LogP contribution in [-0.4, -0.2) is 17.9 Å². The van der Waals surface area contributed by atoms with Gasteiger partial charge >= 0.3 is 0 Å². The number of rotatable bonds is 5. The van der Waals surface area contributed by atoms with E-state index < -0.39 is 0 Å². The third-order valence-electron chi connectivity index (χ3n) is 4.57. The van der Waals surface area contributed by atoms with Crippen molar-refractivity contribution in [1.29, 1.82) is 0 Å². The van der Waals surface area contributed by atoms with Crippen LogP contribution in [0.25, 0.3) is 22.0 Å². The fourth-order valence-electron chi connectivity index (χ4n) is 3.12. The Morgan fingerprint density at radius 1 is 0.964 bits per heavy atom. The van der Waals surface area contributed by atoms with Crippen LogP contribution in [0.15, 0.2) is 85.3 Å². The molecule has 4 rings (SSSR count). The topological polar surface area (TPSA) is 43.1 Å². The second kappa shape index (κ2) is 8.76. The maximum Gasteiger partial charge on any atom is 0.287 e. The van der Waals surface area contributed by atoms with Gasteiger partial charge in [-0.1, -0.05) is 36.4 Å². The molecule has 0 fully saturated rings. The summed E-state index contributed by atoms with van der Waals surface area (Å²) >= 11 is 0. The van der Waals surface area contributed by atoms with Gasteiger partial charge in [0, 0.05) is 17.2 Å². The van der Waals surface area contributed by atoms with Crippen LogP contribution in [-0.2, 0) is 6.54 Å². The minimum Gasteiger partial charge on any atom is -0.497 e. The molecule has 140 valence electrons. The number of Topliss-reactive ketones (excluding diaryl/α,β-unsaturated/α-hetero) is 1. The average Bonchev–Trinajstić information content (AvgIpc) is 2.74. The van der Waals surface area contributed by atoms with Gasteiger partial charge in [-0.3, -0.25) is 4.79 Å². The van der Waals surface area contributed by atoms with E-state index in [4.69, 9.17) is 4.74 Å². The van der Waals surface area contributed by atoms with Gasteiger partial charge < -0.3 is 4.74 Å². The van der Waals surface area contributed by atoms with Crippen LogP contribution in [0.2, 0.25) is 0 Å². The molecule has 0 saturated carbocycles. The number of nitrogens with zero attached hydrogens (tertiary/aromatic N) is 2. The molecule has 5 heteroatoms. The zero-order valence-electron chi connectivity index (χ0n) is 15.4. The van der Waals surface area contributed by atoms with E-state index in [9.17, 15) is 4.79 Å². The van der Waals surface area contributed by atoms with Crippen molar-refractivity contribution in [2.45, 2.75) is 6.54 Å². The van der Waals surface area contributed by atoms with Gasteiger partial charge in [0.25, 0.3) is 6.33 Å².